The van der Waals surface area contributed by atoms with E-state index in [4.69, 9.17) is 9.47 Å². The zero-order valence-electron chi connectivity index (χ0n) is 11.6. The number of hydrogen-bond acceptors (Lipinski definition) is 5. The first-order valence-corrected chi connectivity index (χ1v) is 6.96. The van der Waals surface area contributed by atoms with Crippen molar-refractivity contribution in [3.8, 4) is 0 Å². The second kappa shape index (κ2) is 5.46. The molecule has 6 nitrogen and oxygen atoms in total. The van der Waals surface area contributed by atoms with Crippen LogP contribution in [0.25, 0.3) is 0 Å². The predicted molar refractivity (Wildman–Crippen MR) is 71.3 cm³/mol. The third-order valence-electron chi connectivity index (χ3n) is 4.22. The lowest BCUT2D eigenvalue weighted by molar-refractivity contribution is -0.137. The number of likely N-dealkylation sites (tertiary alicyclic amines) is 1. The van der Waals surface area contributed by atoms with E-state index in [9.17, 15) is 4.79 Å². The fraction of sp³-hybridized carbons (Fsp3) is 0.643. The Hall–Kier alpha value is -1.53. The molecule has 0 aromatic carbocycles. The van der Waals surface area contributed by atoms with Crippen molar-refractivity contribution in [3.05, 3.63) is 24.3 Å². The first-order valence-electron chi connectivity index (χ1n) is 6.96. The molecule has 1 aromatic heterocycles. The molecule has 2 aliphatic heterocycles. The second-order valence-corrected chi connectivity index (χ2v) is 5.38. The highest BCUT2D eigenvalue weighted by atomic mass is 16.6. The Kier molecular flexibility index (Phi) is 3.67. The molecule has 2 saturated heterocycles. The molecule has 3 heterocycles. The van der Waals surface area contributed by atoms with Crippen molar-refractivity contribution in [2.24, 2.45) is 0 Å². The van der Waals surface area contributed by atoms with Gasteiger partial charge in [-0.15, -0.1) is 0 Å². The smallest absolute Gasteiger partial charge is 0.257 e. The number of ether oxygens (including phenoxy) is 2. The van der Waals surface area contributed by atoms with E-state index in [0.717, 1.165) is 25.9 Å². The van der Waals surface area contributed by atoms with Crippen molar-refractivity contribution in [2.75, 3.05) is 26.8 Å². The van der Waals surface area contributed by atoms with Crippen LogP contribution in [0.15, 0.2) is 18.7 Å². The van der Waals surface area contributed by atoms with Crippen LogP contribution < -0.4 is 0 Å². The summed E-state index contributed by atoms with van der Waals surface area (Å²) in [4.78, 5) is 22.1. The van der Waals surface area contributed by atoms with Gasteiger partial charge in [0.2, 0.25) is 0 Å². The summed E-state index contributed by atoms with van der Waals surface area (Å²) in [7, 11) is 1.72. The lowest BCUT2D eigenvalue weighted by atomic mass is 9.86. The first kappa shape index (κ1) is 13.5. The van der Waals surface area contributed by atoms with Crippen LogP contribution in [-0.4, -0.2) is 59.3 Å². The lowest BCUT2D eigenvalue weighted by Crippen LogP contribution is -2.58. The van der Waals surface area contributed by atoms with E-state index in [1.807, 2.05) is 4.90 Å². The molecule has 3 rings (SSSR count). The maximum absolute atomic E-state index is 12.5. The van der Waals surface area contributed by atoms with Crippen LogP contribution in [0.4, 0.5) is 0 Å². The third-order valence-corrected chi connectivity index (χ3v) is 4.22. The second-order valence-electron chi connectivity index (χ2n) is 5.38. The predicted octanol–water partition coefficient (Wildman–Crippen LogP) is 0.887. The highest BCUT2D eigenvalue weighted by molar-refractivity contribution is 5.93. The summed E-state index contributed by atoms with van der Waals surface area (Å²) >= 11 is 0. The molecule has 2 fully saturated rings. The third kappa shape index (κ3) is 2.29. The number of aromatic nitrogens is 2. The number of piperidine rings is 1. The Morgan fingerprint density at radius 2 is 2.30 bits per heavy atom. The molecule has 1 amide bonds. The van der Waals surface area contributed by atoms with Crippen LogP contribution in [0.2, 0.25) is 0 Å². The summed E-state index contributed by atoms with van der Waals surface area (Å²) in [5.74, 6) is -0.0324. The van der Waals surface area contributed by atoms with E-state index < -0.39 is 0 Å². The molecular weight excluding hydrogens is 258 g/mol. The average Bonchev–Trinajstić information content (AvgIpc) is 2.96. The van der Waals surface area contributed by atoms with Gasteiger partial charge in [0, 0.05) is 32.7 Å². The average molecular weight is 277 g/mol. The van der Waals surface area contributed by atoms with E-state index in [1.54, 1.807) is 19.5 Å². The number of methoxy groups -OCH3 is 1. The Morgan fingerprint density at radius 3 is 2.95 bits per heavy atom. The minimum absolute atomic E-state index is 0.0324. The van der Waals surface area contributed by atoms with Gasteiger partial charge in [-0.25, -0.2) is 9.97 Å². The Balaban J connectivity index is 1.78. The fourth-order valence-electron chi connectivity index (χ4n) is 3.24. The molecule has 1 spiro atoms. The molecule has 0 bridgehead atoms. The van der Waals surface area contributed by atoms with E-state index >= 15 is 0 Å². The number of hydrogen-bond donors (Lipinski definition) is 0. The molecule has 0 N–H and O–H groups in total. The molecular formula is C14H19N3O3. The first-order chi connectivity index (χ1) is 9.75. The quantitative estimate of drug-likeness (QED) is 0.803. The van der Waals surface area contributed by atoms with Crippen LogP contribution in [0, 0.1) is 0 Å². The monoisotopic (exact) mass is 277 g/mol. The van der Waals surface area contributed by atoms with Crippen LogP contribution in [0.1, 0.15) is 29.6 Å². The van der Waals surface area contributed by atoms with Gasteiger partial charge in [-0.05, 0) is 19.3 Å². The van der Waals surface area contributed by atoms with Crippen molar-refractivity contribution in [2.45, 2.75) is 31.0 Å². The maximum atomic E-state index is 12.5. The maximum Gasteiger partial charge on any atom is 0.257 e. The number of nitrogens with zero attached hydrogens (tertiary/aromatic N) is 3. The lowest BCUT2D eigenvalue weighted by Gasteiger charge is -2.44. The van der Waals surface area contributed by atoms with Crippen molar-refractivity contribution in [1.82, 2.24) is 14.9 Å². The highest BCUT2D eigenvalue weighted by Crippen LogP contribution is 2.36. The van der Waals surface area contributed by atoms with E-state index in [1.165, 1.54) is 6.33 Å². The Bertz CT molecular complexity index is 474. The van der Waals surface area contributed by atoms with Gasteiger partial charge in [0.25, 0.3) is 5.91 Å². The fourth-order valence-corrected chi connectivity index (χ4v) is 3.24. The summed E-state index contributed by atoms with van der Waals surface area (Å²) < 4.78 is 11.5. The van der Waals surface area contributed by atoms with Gasteiger partial charge in [0.1, 0.15) is 11.9 Å². The molecule has 1 aromatic rings. The molecule has 0 unspecified atom stereocenters. The van der Waals surface area contributed by atoms with Crippen LogP contribution >= 0.6 is 0 Å². The molecule has 108 valence electrons. The van der Waals surface area contributed by atoms with Gasteiger partial charge in [-0.2, -0.15) is 0 Å². The molecule has 0 saturated carbocycles. The minimum atomic E-state index is -0.335. The van der Waals surface area contributed by atoms with E-state index in [0.29, 0.717) is 18.7 Å². The summed E-state index contributed by atoms with van der Waals surface area (Å²) in [6.45, 7) is 2.01. The molecule has 2 aliphatic rings. The Labute approximate surface area is 118 Å². The molecule has 20 heavy (non-hydrogen) atoms. The van der Waals surface area contributed by atoms with Gasteiger partial charge in [0.05, 0.1) is 18.2 Å². The number of carbonyl (C=O) groups excluding carboxylic acids is 1. The number of rotatable bonds is 2. The van der Waals surface area contributed by atoms with Gasteiger partial charge < -0.3 is 14.4 Å². The summed E-state index contributed by atoms with van der Waals surface area (Å²) in [5.41, 5.74) is 0.190. The van der Waals surface area contributed by atoms with Crippen molar-refractivity contribution in [3.63, 3.8) is 0 Å². The zero-order valence-corrected chi connectivity index (χ0v) is 11.6. The number of amides is 1. The molecule has 2 atom stereocenters. The summed E-state index contributed by atoms with van der Waals surface area (Å²) in [5, 5.41) is 0. The molecule has 6 heteroatoms. The van der Waals surface area contributed by atoms with Gasteiger partial charge in [0.15, 0.2) is 0 Å². The highest BCUT2D eigenvalue weighted by Gasteiger charge is 2.48. The van der Waals surface area contributed by atoms with Gasteiger partial charge in [-0.3, -0.25) is 4.79 Å². The van der Waals surface area contributed by atoms with Crippen LogP contribution in [-0.2, 0) is 9.47 Å². The summed E-state index contributed by atoms with van der Waals surface area (Å²) in [6.07, 6.45) is 7.38. The van der Waals surface area contributed by atoms with E-state index in [2.05, 4.69) is 9.97 Å². The SMILES string of the molecule is CO[C@H]1CCN(C(=O)c2cncnc2)C[C@@]12CCCO2. The van der Waals surface area contributed by atoms with E-state index in [-0.39, 0.29) is 17.6 Å². The largest absolute Gasteiger partial charge is 0.378 e. The van der Waals surface area contributed by atoms with Crippen molar-refractivity contribution >= 4 is 5.91 Å². The Morgan fingerprint density at radius 1 is 1.50 bits per heavy atom. The topological polar surface area (TPSA) is 64.5 Å². The van der Waals surface area contributed by atoms with Crippen molar-refractivity contribution < 1.29 is 14.3 Å². The zero-order chi connectivity index (χ0) is 14.0. The minimum Gasteiger partial charge on any atom is -0.378 e. The number of carbonyl (C=O) groups is 1. The summed E-state index contributed by atoms with van der Waals surface area (Å²) in [6, 6.07) is 0. The van der Waals surface area contributed by atoms with Crippen molar-refractivity contribution in [1.29, 1.82) is 0 Å². The molecule has 0 radical (unpaired) electrons. The van der Waals surface area contributed by atoms with Crippen LogP contribution in [0.5, 0.6) is 0 Å². The van der Waals surface area contributed by atoms with Gasteiger partial charge >= 0.3 is 0 Å². The standard InChI is InChI=1S/C14H19N3O3/c1-19-12-3-5-17(9-14(12)4-2-6-20-14)13(18)11-7-15-10-16-8-11/h7-8,10,12H,2-6,9H2,1H3/t12-,14-/m0/s1. The molecule has 0 aliphatic carbocycles. The van der Waals surface area contributed by atoms with Crippen LogP contribution in [0.3, 0.4) is 0 Å². The van der Waals surface area contributed by atoms with Gasteiger partial charge in [-0.1, -0.05) is 0 Å². The normalized spacial score (nSPS) is 29.9.